The third-order valence-electron chi connectivity index (χ3n) is 2.87. The van der Waals surface area contributed by atoms with Gasteiger partial charge in [-0.2, -0.15) is 5.26 Å². The SMILES string of the molecule is CCc1ccccc1Oc1ccc([N+](=O)[O-])c(C#N)c1. The second kappa shape index (κ2) is 5.85. The van der Waals surface area contributed by atoms with Crippen LogP contribution >= 0.6 is 0 Å². The first kappa shape index (κ1) is 13.6. The van der Waals surface area contributed by atoms with Gasteiger partial charge in [0, 0.05) is 12.1 Å². The third kappa shape index (κ3) is 2.75. The Kier molecular flexibility index (Phi) is 3.96. The number of nitro groups is 1. The Morgan fingerprint density at radius 2 is 2.05 bits per heavy atom. The fraction of sp³-hybridized carbons (Fsp3) is 0.133. The van der Waals surface area contributed by atoms with Crippen LogP contribution in [0.15, 0.2) is 42.5 Å². The summed E-state index contributed by atoms with van der Waals surface area (Å²) in [7, 11) is 0. The number of aryl methyl sites for hydroxylation is 1. The molecule has 0 radical (unpaired) electrons. The maximum absolute atomic E-state index is 10.8. The van der Waals surface area contributed by atoms with Gasteiger partial charge >= 0.3 is 0 Å². The molecule has 0 saturated carbocycles. The summed E-state index contributed by atoms with van der Waals surface area (Å²) < 4.78 is 5.70. The van der Waals surface area contributed by atoms with E-state index >= 15 is 0 Å². The lowest BCUT2D eigenvalue weighted by Gasteiger charge is -2.09. The van der Waals surface area contributed by atoms with Crippen molar-refractivity contribution in [1.82, 2.24) is 0 Å². The fourth-order valence-corrected chi connectivity index (χ4v) is 1.85. The fourth-order valence-electron chi connectivity index (χ4n) is 1.85. The van der Waals surface area contributed by atoms with Crippen molar-refractivity contribution in [2.75, 3.05) is 0 Å². The van der Waals surface area contributed by atoms with Crippen molar-refractivity contribution in [2.24, 2.45) is 0 Å². The summed E-state index contributed by atoms with van der Waals surface area (Å²) in [5.74, 6) is 1.10. The molecular weight excluding hydrogens is 256 g/mol. The molecule has 0 amide bonds. The van der Waals surface area contributed by atoms with Crippen molar-refractivity contribution in [2.45, 2.75) is 13.3 Å². The second-order valence-electron chi connectivity index (χ2n) is 4.11. The molecule has 0 bridgehead atoms. The molecule has 5 nitrogen and oxygen atoms in total. The summed E-state index contributed by atoms with van der Waals surface area (Å²) in [5.41, 5.74) is 0.800. The zero-order valence-electron chi connectivity index (χ0n) is 10.9. The molecule has 0 aliphatic heterocycles. The third-order valence-corrected chi connectivity index (χ3v) is 2.87. The summed E-state index contributed by atoms with van der Waals surface area (Å²) in [4.78, 5) is 10.2. The summed E-state index contributed by atoms with van der Waals surface area (Å²) in [6.45, 7) is 2.01. The van der Waals surface area contributed by atoms with E-state index < -0.39 is 4.92 Å². The minimum atomic E-state index is -0.581. The maximum atomic E-state index is 10.8. The van der Waals surface area contributed by atoms with Crippen molar-refractivity contribution < 1.29 is 9.66 Å². The average Bonchev–Trinajstić information content (AvgIpc) is 2.47. The molecule has 2 aromatic rings. The Morgan fingerprint density at radius 1 is 1.30 bits per heavy atom. The zero-order valence-corrected chi connectivity index (χ0v) is 10.9. The summed E-state index contributed by atoms with van der Waals surface area (Å²) >= 11 is 0. The molecule has 0 unspecified atom stereocenters. The standard InChI is InChI=1S/C15H12N2O3/c1-2-11-5-3-4-6-15(11)20-13-7-8-14(17(18)19)12(9-13)10-16/h3-9H,2H2,1H3. The number of ether oxygens (including phenoxy) is 1. The normalized spacial score (nSPS) is 9.80. The smallest absolute Gasteiger partial charge is 0.287 e. The molecule has 0 fully saturated rings. The number of nitro benzene ring substituents is 1. The molecule has 0 aromatic heterocycles. The van der Waals surface area contributed by atoms with Gasteiger partial charge in [-0.25, -0.2) is 0 Å². The van der Waals surface area contributed by atoms with Gasteiger partial charge in [0.15, 0.2) is 0 Å². The van der Waals surface area contributed by atoms with Crippen LogP contribution in [0.1, 0.15) is 18.1 Å². The number of hydrogen-bond acceptors (Lipinski definition) is 4. The van der Waals surface area contributed by atoms with Gasteiger partial charge in [0.2, 0.25) is 0 Å². The molecule has 0 N–H and O–H groups in total. The largest absolute Gasteiger partial charge is 0.457 e. The first-order chi connectivity index (χ1) is 9.65. The molecule has 0 aliphatic rings. The van der Waals surface area contributed by atoms with Crippen LogP contribution in [0.4, 0.5) is 5.69 Å². The van der Waals surface area contributed by atoms with E-state index in [0.29, 0.717) is 11.5 Å². The zero-order chi connectivity index (χ0) is 14.5. The van der Waals surface area contributed by atoms with Crippen LogP contribution in [0.5, 0.6) is 11.5 Å². The first-order valence-electron chi connectivity index (χ1n) is 6.10. The van der Waals surface area contributed by atoms with E-state index in [9.17, 15) is 10.1 Å². The molecule has 100 valence electrons. The van der Waals surface area contributed by atoms with Gasteiger partial charge in [-0.3, -0.25) is 10.1 Å². The number of nitriles is 1. The highest BCUT2D eigenvalue weighted by atomic mass is 16.6. The van der Waals surface area contributed by atoms with E-state index in [1.807, 2.05) is 37.3 Å². The van der Waals surface area contributed by atoms with Gasteiger partial charge in [-0.05, 0) is 24.1 Å². The molecule has 2 aromatic carbocycles. The van der Waals surface area contributed by atoms with E-state index in [-0.39, 0.29) is 11.3 Å². The van der Waals surface area contributed by atoms with Crippen LogP contribution in [-0.2, 0) is 6.42 Å². The van der Waals surface area contributed by atoms with Crippen molar-refractivity contribution >= 4 is 5.69 Å². The minimum absolute atomic E-state index is 0.0125. The number of hydrogen-bond donors (Lipinski definition) is 0. The number of nitrogens with zero attached hydrogens (tertiary/aromatic N) is 2. The van der Waals surface area contributed by atoms with Crippen LogP contribution < -0.4 is 4.74 Å². The second-order valence-corrected chi connectivity index (χ2v) is 4.11. The monoisotopic (exact) mass is 268 g/mol. The minimum Gasteiger partial charge on any atom is -0.457 e. The number of benzene rings is 2. The highest BCUT2D eigenvalue weighted by Gasteiger charge is 2.14. The average molecular weight is 268 g/mol. The molecule has 0 aliphatic carbocycles. The molecule has 5 heteroatoms. The molecule has 0 saturated heterocycles. The van der Waals surface area contributed by atoms with Gasteiger partial charge in [-0.15, -0.1) is 0 Å². The van der Waals surface area contributed by atoms with E-state index in [1.54, 1.807) is 0 Å². The summed E-state index contributed by atoms with van der Waals surface area (Å²) in [6.07, 6.45) is 0.814. The lowest BCUT2D eigenvalue weighted by atomic mass is 10.1. The van der Waals surface area contributed by atoms with Crippen LogP contribution in [0.3, 0.4) is 0 Å². The Bertz CT molecular complexity index is 690. The maximum Gasteiger partial charge on any atom is 0.287 e. The number of para-hydroxylation sites is 1. The van der Waals surface area contributed by atoms with Gasteiger partial charge in [0.1, 0.15) is 23.1 Å². The van der Waals surface area contributed by atoms with E-state index in [0.717, 1.165) is 12.0 Å². The van der Waals surface area contributed by atoms with Crippen molar-refractivity contribution in [3.05, 3.63) is 63.7 Å². The molecule has 20 heavy (non-hydrogen) atoms. The highest BCUT2D eigenvalue weighted by Crippen LogP contribution is 2.29. The molecule has 0 heterocycles. The Balaban J connectivity index is 2.35. The molecule has 2 rings (SSSR count). The quantitative estimate of drug-likeness (QED) is 0.623. The topological polar surface area (TPSA) is 76.2 Å². The molecule has 0 spiro atoms. The Morgan fingerprint density at radius 3 is 2.70 bits per heavy atom. The van der Waals surface area contributed by atoms with Crippen LogP contribution in [0.25, 0.3) is 0 Å². The van der Waals surface area contributed by atoms with E-state index in [1.165, 1.54) is 18.2 Å². The van der Waals surface area contributed by atoms with E-state index in [2.05, 4.69) is 0 Å². The number of rotatable bonds is 4. The highest BCUT2D eigenvalue weighted by molar-refractivity contribution is 5.53. The van der Waals surface area contributed by atoms with Crippen LogP contribution in [-0.4, -0.2) is 4.92 Å². The molecular formula is C15H12N2O3. The Hall–Kier alpha value is -2.87. The van der Waals surface area contributed by atoms with Gasteiger partial charge in [0.25, 0.3) is 5.69 Å². The van der Waals surface area contributed by atoms with Crippen LogP contribution in [0.2, 0.25) is 0 Å². The summed E-state index contributed by atoms with van der Waals surface area (Å²) in [5, 5.41) is 19.7. The predicted octanol–water partition coefficient (Wildman–Crippen LogP) is 3.82. The Labute approximate surface area is 116 Å². The first-order valence-corrected chi connectivity index (χ1v) is 6.10. The van der Waals surface area contributed by atoms with Crippen LogP contribution in [0, 0.1) is 21.4 Å². The van der Waals surface area contributed by atoms with Gasteiger partial charge in [-0.1, -0.05) is 25.1 Å². The van der Waals surface area contributed by atoms with Gasteiger partial charge in [0.05, 0.1) is 4.92 Å². The summed E-state index contributed by atoms with van der Waals surface area (Å²) in [6, 6.07) is 13.5. The molecule has 0 atom stereocenters. The van der Waals surface area contributed by atoms with Crippen molar-refractivity contribution in [1.29, 1.82) is 5.26 Å². The lowest BCUT2D eigenvalue weighted by Crippen LogP contribution is -1.94. The van der Waals surface area contributed by atoms with E-state index in [4.69, 9.17) is 10.00 Å². The lowest BCUT2D eigenvalue weighted by molar-refractivity contribution is -0.385. The van der Waals surface area contributed by atoms with Gasteiger partial charge < -0.3 is 4.74 Å². The predicted molar refractivity (Wildman–Crippen MR) is 73.7 cm³/mol. The van der Waals surface area contributed by atoms with Crippen molar-refractivity contribution in [3.8, 4) is 17.6 Å². The van der Waals surface area contributed by atoms with Crippen molar-refractivity contribution in [3.63, 3.8) is 0 Å².